The molecule has 1 aliphatic heterocycles. The second kappa shape index (κ2) is 5.68. The number of alkyl halides is 3. The zero-order valence-electron chi connectivity index (χ0n) is 10.0. The summed E-state index contributed by atoms with van der Waals surface area (Å²) in [5.41, 5.74) is 0. The van der Waals surface area contributed by atoms with Gasteiger partial charge in [-0.05, 0) is 14.1 Å². The monoisotopic (exact) mass is 253 g/mol. The number of carbonyl (C=O) groups excluding carboxylic acids is 1. The summed E-state index contributed by atoms with van der Waals surface area (Å²) in [4.78, 5) is 14.3. The van der Waals surface area contributed by atoms with Gasteiger partial charge in [-0.25, -0.2) is 0 Å². The lowest BCUT2D eigenvalue weighted by Crippen LogP contribution is -2.51. The predicted molar refractivity (Wildman–Crippen MR) is 57.6 cm³/mol. The van der Waals surface area contributed by atoms with Crippen LogP contribution in [0.15, 0.2) is 0 Å². The Morgan fingerprint density at radius 1 is 1.47 bits per heavy atom. The third kappa shape index (κ3) is 4.51. The molecule has 0 aliphatic carbocycles. The molecule has 0 aromatic carbocycles. The Bertz CT molecular complexity index is 268. The molecule has 1 saturated heterocycles. The molecule has 0 spiro atoms. The van der Waals surface area contributed by atoms with Crippen LogP contribution in [-0.4, -0.2) is 68.2 Å². The van der Waals surface area contributed by atoms with Crippen molar-refractivity contribution < 1.29 is 18.0 Å². The SMILES string of the molecule is CN(C)CCN1CCC(=O)NCC1C(F)(F)F. The molecule has 17 heavy (non-hydrogen) atoms. The van der Waals surface area contributed by atoms with Gasteiger partial charge in [0.2, 0.25) is 5.91 Å². The van der Waals surface area contributed by atoms with Crippen molar-refractivity contribution in [1.82, 2.24) is 15.1 Å². The lowest BCUT2D eigenvalue weighted by atomic mass is 10.2. The van der Waals surface area contributed by atoms with Gasteiger partial charge in [0, 0.05) is 32.6 Å². The van der Waals surface area contributed by atoms with Crippen LogP contribution in [0.5, 0.6) is 0 Å². The zero-order chi connectivity index (χ0) is 13.1. The van der Waals surface area contributed by atoms with E-state index in [0.29, 0.717) is 13.1 Å². The minimum absolute atomic E-state index is 0.125. The Labute approximate surface area is 98.7 Å². The van der Waals surface area contributed by atoms with Crippen molar-refractivity contribution in [2.75, 3.05) is 40.3 Å². The molecule has 1 fully saturated rings. The van der Waals surface area contributed by atoms with Crippen LogP contribution in [0.3, 0.4) is 0 Å². The topological polar surface area (TPSA) is 35.6 Å². The maximum absolute atomic E-state index is 12.8. The summed E-state index contributed by atoms with van der Waals surface area (Å²) in [5.74, 6) is -0.313. The van der Waals surface area contributed by atoms with Gasteiger partial charge >= 0.3 is 6.18 Å². The summed E-state index contributed by atoms with van der Waals surface area (Å²) >= 11 is 0. The number of hydrogen-bond donors (Lipinski definition) is 1. The van der Waals surface area contributed by atoms with Crippen molar-refractivity contribution in [2.45, 2.75) is 18.6 Å². The normalized spacial score (nSPS) is 23.6. The molecule has 0 saturated carbocycles. The van der Waals surface area contributed by atoms with Gasteiger partial charge in [-0.3, -0.25) is 9.69 Å². The Morgan fingerprint density at radius 2 is 2.12 bits per heavy atom. The predicted octanol–water partition coefficient (Wildman–Crippen LogP) is 0.301. The van der Waals surface area contributed by atoms with Crippen molar-refractivity contribution in [3.63, 3.8) is 0 Å². The quantitative estimate of drug-likeness (QED) is 0.786. The molecule has 0 radical (unpaired) electrons. The first-order valence-electron chi connectivity index (χ1n) is 5.53. The van der Waals surface area contributed by atoms with Gasteiger partial charge in [0.1, 0.15) is 6.04 Å². The highest BCUT2D eigenvalue weighted by Gasteiger charge is 2.44. The van der Waals surface area contributed by atoms with Crippen molar-refractivity contribution in [3.8, 4) is 0 Å². The van der Waals surface area contributed by atoms with E-state index in [1.165, 1.54) is 4.90 Å². The smallest absolute Gasteiger partial charge is 0.354 e. The number of nitrogens with zero attached hydrogens (tertiary/aromatic N) is 2. The summed E-state index contributed by atoms with van der Waals surface area (Å²) < 4.78 is 38.5. The van der Waals surface area contributed by atoms with Crippen molar-refractivity contribution >= 4 is 5.91 Å². The maximum atomic E-state index is 12.8. The Kier molecular flexibility index (Phi) is 4.76. The van der Waals surface area contributed by atoms with E-state index in [-0.39, 0.29) is 25.4 Å². The van der Waals surface area contributed by atoms with Crippen LogP contribution < -0.4 is 5.32 Å². The third-order valence-corrected chi connectivity index (χ3v) is 2.77. The lowest BCUT2D eigenvalue weighted by Gasteiger charge is -2.31. The Morgan fingerprint density at radius 3 is 2.65 bits per heavy atom. The molecule has 7 heteroatoms. The van der Waals surface area contributed by atoms with Gasteiger partial charge in [0.15, 0.2) is 0 Å². The van der Waals surface area contributed by atoms with Gasteiger partial charge in [0.05, 0.1) is 0 Å². The van der Waals surface area contributed by atoms with Crippen LogP contribution in [-0.2, 0) is 4.79 Å². The molecule has 0 aromatic rings. The van der Waals surface area contributed by atoms with Gasteiger partial charge in [-0.15, -0.1) is 0 Å². The van der Waals surface area contributed by atoms with Gasteiger partial charge < -0.3 is 10.2 Å². The fraction of sp³-hybridized carbons (Fsp3) is 0.900. The van der Waals surface area contributed by atoms with E-state index in [1.807, 2.05) is 19.0 Å². The fourth-order valence-electron chi connectivity index (χ4n) is 1.75. The van der Waals surface area contributed by atoms with Crippen LogP contribution >= 0.6 is 0 Å². The Hall–Kier alpha value is -0.820. The van der Waals surface area contributed by atoms with Crippen molar-refractivity contribution in [2.24, 2.45) is 0 Å². The molecule has 1 atom stereocenters. The summed E-state index contributed by atoms with van der Waals surface area (Å²) in [6.07, 6.45) is -4.18. The van der Waals surface area contributed by atoms with E-state index in [0.717, 1.165) is 0 Å². The summed E-state index contributed by atoms with van der Waals surface area (Å²) in [5, 5.41) is 2.30. The molecule has 1 aliphatic rings. The number of nitrogens with one attached hydrogen (secondary N) is 1. The molecule has 0 aromatic heterocycles. The van der Waals surface area contributed by atoms with Crippen LogP contribution in [0, 0.1) is 0 Å². The van der Waals surface area contributed by atoms with Gasteiger partial charge in [-0.2, -0.15) is 13.2 Å². The average molecular weight is 253 g/mol. The van der Waals surface area contributed by atoms with E-state index in [9.17, 15) is 18.0 Å². The first kappa shape index (κ1) is 14.2. The van der Waals surface area contributed by atoms with E-state index < -0.39 is 12.2 Å². The number of rotatable bonds is 3. The van der Waals surface area contributed by atoms with Crippen molar-refractivity contribution in [1.29, 1.82) is 0 Å². The van der Waals surface area contributed by atoms with E-state index >= 15 is 0 Å². The average Bonchev–Trinajstić information content (AvgIpc) is 2.36. The first-order valence-corrected chi connectivity index (χ1v) is 5.53. The molecule has 1 unspecified atom stereocenters. The molecule has 1 rings (SSSR count). The summed E-state index contributed by atoms with van der Waals surface area (Å²) in [7, 11) is 3.62. The van der Waals surface area contributed by atoms with Gasteiger partial charge in [0.25, 0.3) is 0 Å². The standard InChI is InChI=1S/C10H18F3N3O/c1-15(2)5-6-16-4-3-9(17)14-7-8(16)10(11,12)13/h8H,3-7H2,1-2H3,(H,14,17). The highest BCUT2D eigenvalue weighted by atomic mass is 19.4. The highest BCUT2D eigenvalue weighted by molar-refractivity contribution is 5.76. The number of carbonyl (C=O) groups is 1. The fourth-order valence-corrected chi connectivity index (χ4v) is 1.75. The number of amides is 1. The molecular formula is C10H18F3N3O. The minimum Gasteiger partial charge on any atom is -0.354 e. The largest absolute Gasteiger partial charge is 0.405 e. The number of hydrogen-bond acceptors (Lipinski definition) is 3. The molecular weight excluding hydrogens is 235 g/mol. The van der Waals surface area contributed by atoms with E-state index in [1.54, 1.807) is 0 Å². The van der Waals surface area contributed by atoms with Crippen LogP contribution in [0.1, 0.15) is 6.42 Å². The Balaban J connectivity index is 2.68. The second-order valence-electron chi connectivity index (χ2n) is 4.45. The van der Waals surface area contributed by atoms with Crippen molar-refractivity contribution in [3.05, 3.63) is 0 Å². The molecule has 0 bridgehead atoms. The van der Waals surface area contributed by atoms with Crippen LogP contribution in [0.4, 0.5) is 13.2 Å². The molecule has 4 nitrogen and oxygen atoms in total. The molecule has 1 amide bonds. The summed E-state index contributed by atoms with van der Waals surface area (Å²) in [6, 6.07) is -1.58. The second-order valence-corrected chi connectivity index (χ2v) is 4.45. The number of likely N-dealkylation sites (N-methyl/N-ethyl adjacent to an activating group) is 1. The highest BCUT2D eigenvalue weighted by Crippen LogP contribution is 2.25. The van der Waals surface area contributed by atoms with Crippen LogP contribution in [0.25, 0.3) is 0 Å². The third-order valence-electron chi connectivity index (χ3n) is 2.77. The molecule has 1 heterocycles. The lowest BCUT2D eigenvalue weighted by molar-refractivity contribution is -0.181. The first-order chi connectivity index (χ1) is 7.80. The molecule has 1 N–H and O–H groups in total. The van der Waals surface area contributed by atoms with E-state index in [2.05, 4.69) is 5.32 Å². The number of halogens is 3. The maximum Gasteiger partial charge on any atom is 0.405 e. The summed E-state index contributed by atoms with van der Waals surface area (Å²) in [6.45, 7) is 0.659. The minimum atomic E-state index is -4.30. The van der Waals surface area contributed by atoms with E-state index in [4.69, 9.17) is 0 Å². The van der Waals surface area contributed by atoms with Crippen LogP contribution in [0.2, 0.25) is 0 Å². The van der Waals surface area contributed by atoms with Gasteiger partial charge in [-0.1, -0.05) is 0 Å². The zero-order valence-corrected chi connectivity index (χ0v) is 10.0. The molecule has 100 valence electrons.